The zero-order chi connectivity index (χ0) is 14.8. The van der Waals surface area contributed by atoms with E-state index in [0.29, 0.717) is 26.1 Å². The van der Waals surface area contributed by atoms with Gasteiger partial charge >= 0.3 is 12.0 Å². The molecule has 1 unspecified atom stereocenters. The van der Waals surface area contributed by atoms with Gasteiger partial charge in [-0.05, 0) is 25.7 Å². The van der Waals surface area contributed by atoms with E-state index in [-0.39, 0.29) is 6.03 Å². The first-order chi connectivity index (χ1) is 9.65. The van der Waals surface area contributed by atoms with Gasteiger partial charge in [0.2, 0.25) is 0 Å². The van der Waals surface area contributed by atoms with Gasteiger partial charge in [-0.25, -0.2) is 4.79 Å². The van der Waals surface area contributed by atoms with Crippen molar-refractivity contribution in [2.45, 2.75) is 44.9 Å². The molecule has 5 heteroatoms. The van der Waals surface area contributed by atoms with E-state index in [0.717, 1.165) is 19.3 Å². The number of aliphatic carboxylic acids is 1. The van der Waals surface area contributed by atoms with Crippen LogP contribution >= 0.6 is 0 Å². The van der Waals surface area contributed by atoms with Gasteiger partial charge in [0, 0.05) is 19.6 Å². The second-order valence-electron chi connectivity index (χ2n) is 5.35. The number of hydrogen-bond donors (Lipinski definition) is 2. The second kappa shape index (κ2) is 9.39. The molecule has 2 amide bonds. The molecule has 20 heavy (non-hydrogen) atoms. The lowest BCUT2D eigenvalue weighted by Crippen LogP contribution is -2.39. The van der Waals surface area contributed by atoms with Gasteiger partial charge < -0.3 is 15.3 Å². The van der Waals surface area contributed by atoms with Gasteiger partial charge in [0.1, 0.15) is 0 Å². The Balaban J connectivity index is 2.01. The normalized spacial score (nSPS) is 18.0. The molecule has 114 valence electrons. The van der Waals surface area contributed by atoms with Crippen molar-refractivity contribution in [3.63, 3.8) is 0 Å². The Morgan fingerprint density at radius 2 is 1.95 bits per heavy atom. The van der Waals surface area contributed by atoms with E-state index in [1.807, 2.05) is 6.08 Å². The Morgan fingerprint density at radius 1 is 1.25 bits per heavy atom. The number of carboxylic acids is 1. The Bertz CT molecular complexity index is 331. The zero-order valence-electron chi connectivity index (χ0n) is 12.1. The van der Waals surface area contributed by atoms with E-state index < -0.39 is 11.9 Å². The average Bonchev–Trinajstić information content (AvgIpc) is 2.91. The van der Waals surface area contributed by atoms with Crippen molar-refractivity contribution in [2.75, 3.05) is 19.6 Å². The quantitative estimate of drug-likeness (QED) is 0.504. The van der Waals surface area contributed by atoms with Crippen LogP contribution in [0.5, 0.6) is 0 Å². The van der Waals surface area contributed by atoms with Crippen LogP contribution in [0.15, 0.2) is 12.7 Å². The molecule has 5 nitrogen and oxygen atoms in total. The highest BCUT2D eigenvalue weighted by Crippen LogP contribution is 2.16. The van der Waals surface area contributed by atoms with E-state index in [4.69, 9.17) is 5.11 Å². The molecule has 1 heterocycles. The Morgan fingerprint density at radius 3 is 2.60 bits per heavy atom. The SMILES string of the molecule is C=CCCCCCCCNC(=O)N1CCC(C(=O)O)C1. The molecular formula is C15H26N2O3. The lowest BCUT2D eigenvalue weighted by atomic mass is 10.1. The highest BCUT2D eigenvalue weighted by molar-refractivity contribution is 5.77. The number of nitrogens with one attached hydrogen (secondary N) is 1. The van der Waals surface area contributed by atoms with Gasteiger partial charge in [0.25, 0.3) is 0 Å². The number of amides is 2. The van der Waals surface area contributed by atoms with Crippen LogP contribution in [0.3, 0.4) is 0 Å². The molecule has 1 aliphatic heterocycles. The van der Waals surface area contributed by atoms with Crippen molar-refractivity contribution < 1.29 is 14.7 Å². The molecule has 2 N–H and O–H groups in total. The molecule has 0 aromatic heterocycles. The summed E-state index contributed by atoms with van der Waals surface area (Å²) in [6.07, 6.45) is 9.29. The van der Waals surface area contributed by atoms with E-state index in [1.54, 1.807) is 4.90 Å². The van der Waals surface area contributed by atoms with Gasteiger partial charge in [-0.3, -0.25) is 4.79 Å². The highest BCUT2D eigenvalue weighted by atomic mass is 16.4. The van der Waals surface area contributed by atoms with Gasteiger partial charge in [-0.15, -0.1) is 6.58 Å². The molecular weight excluding hydrogens is 256 g/mol. The molecule has 1 saturated heterocycles. The third kappa shape index (κ3) is 6.08. The number of rotatable bonds is 9. The maximum atomic E-state index is 11.8. The summed E-state index contributed by atoms with van der Waals surface area (Å²) in [6.45, 7) is 5.25. The van der Waals surface area contributed by atoms with Crippen LogP contribution in [0.4, 0.5) is 4.79 Å². The van der Waals surface area contributed by atoms with Crippen molar-refractivity contribution in [2.24, 2.45) is 5.92 Å². The van der Waals surface area contributed by atoms with E-state index >= 15 is 0 Å². The van der Waals surface area contributed by atoms with Gasteiger partial charge in [-0.2, -0.15) is 0 Å². The monoisotopic (exact) mass is 282 g/mol. The molecule has 0 aromatic carbocycles. The minimum atomic E-state index is -0.806. The van der Waals surface area contributed by atoms with Crippen molar-refractivity contribution in [1.82, 2.24) is 10.2 Å². The van der Waals surface area contributed by atoms with Crippen LogP contribution < -0.4 is 5.32 Å². The molecule has 0 aliphatic carbocycles. The summed E-state index contributed by atoms with van der Waals surface area (Å²) < 4.78 is 0. The molecule has 1 atom stereocenters. The molecule has 1 aliphatic rings. The van der Waals surface area contributed by atoms with Crippen LogP contribution in [0, 0.1) is 5.92 Å². The molecule has 0 saturated carbocycles. The Labute approximate surface area is 121 Å². The predicted octanol–water partition coefficient (Wildman–Crippen LogP) is 2.63. The number of unbranched alkanes of at least 4 members (excludes halogenated alkanes) is 5. The van der Waals surface area contributed by atoms with Crippen LogP contribution in [0.1, 0.15) is 44.9 Å². The number of allylic oxidation sites excluding steroid dienone is 1. The van der Waals surface area contributed by atoms with Crippen molar-refractivity contribution in [3.8, 4) is 0 Å². The van der Waals surface area contributed by atoms with Crippen molar-refractivity contribution >= 4 is 12.0 Å². The number of nitrogens with zero attached hydrogens (tertiary/aromatic N) is 1. The summed E-state index contributed by atoms with van der Waals surface area (Å²) in [4.78, 5) is 24.2. The number of carbonyl (C=O) groups is 2. The molecule has 0 aromatic rings. The summed E-state index contributed by atoms with van der Waals surface area (Å²) in [5, 5.41) is 11.7. The average molecular weight is 282 g/mol. The largest absolute Gasteiger partial charge is 0.481 e. The minimum absolute atomic E-state index is 0.125. The number of hydrogen-bond acceptors (Lipinski definition) is 2. The lowest BCUT2D eigenvalue weighted by Gasteiger charge is -2.16. The number of likely N-dealkylation sites (tertiary alicyclic amines) is 1. The van der Waals surface area contributed by atoms with Crippen LogP contribution in [0.2, 0.25) is 0 Å². The number of carboxylic acid groups (broad SMARTS) is 1. The molecule has 1 rings (SSSR count). The first-order valence-corrected chi connectivity index (χ1v) is 7.51. The van der Waals surface area contributed by atoms with Crippen LogP contribution in [0.25, 0.3) is 0 Å². The van der Waals surface area contributed by atoms with Gasteiger partial charge in [-0.1, -0.05) is 25.3 Å². The molecule has 0 bridgehead atoms. The Kier molecular flexibility index (Phi) is 7.77. The topological polar surface area (TPSA) is 69.6 Å². The van der Waals surface area contributed by atoms with Crippen molar-refractivity contribution in [3.05, 3.63) is 12.7 Å². The smallest absolute Gasteiger partial charge is 0.317 e. The zero-order valence-corrected chi connectivity index (χ0v) is 12.1. The van der Waals surface area contributed by atoms with Crippen LogP contribution in [-0.4, -0.2) is 41.6 Å². The summed E-state index contributed by atoms with van der Waals surface area (Å²) in [5.74, 6) is -1.20. The summed E-state index contributed by atoms with van der Waals surface area (Å²) in [7, 11) is 0. The maximum Gasteiger partial charge on any atom is 0.317 e. The maximum absolute atomic E-state index is 11.8. The van der Waals surface area contributed by atoms with E-state index in [9.17, 15) is 9.59 Å². The summed E-state index contributed by atoms with van der Waals surface area (Å²) >= 11 is 0. The third-order valence-electron chi connectivity index (χ3n) is 3.69. The fourth-order valence-corrected chi connectivity index (χ4v) is 2.40. The van der Waals surface area contributed by atoms with E-state index in [1.165, 1.54) is 19.3 Å². The standard InChI is InChI=1S/C15H26N2O3/c1-2-3-4-5-6-7-8-10-16-15(20)17-11-9-13(12-17)14(18)19/h2,13H,1,3-12H2,(H,16,20)(H,18,19). The van der Waals surface area contributed by atoms with Gasteiger partial charge in [0.05, 0.1) is 5.92 Å². The molecule has 0 radical (unpaired) electrons. The number of urea groups is 1. The highest BCUT2D eigenvalue weighted by Gasteiger charge is 2.30. The van der Waals surface area contributed by atoms with Crippen LogP contribution in [-0.2, 0) is 4.79 Å². The fourth-order valence-electron chi connectivity index (χ4n) is 2.40. The predicted molar refractivity (Wildman–Crippen MR) is 78.6 cm³/mol. The molecule has 0 spiro atoms. The van der Waals surface area contributed by atoms with E-state index in [2.05, 4.69) is 11.9 Å². The third-order valence-corrected chi connectivity index (χ3v) is 3.69. The first-order valence-electron chi connectivity index (χ1n) is 7.51. The fraction of sp³-hybridized carbons (Fsp3) is 0.733. The first kappa shape index (κ1) is 16.5. The second-order valence-corrected chi connectivity index (χ2v) is 5.35. The number of carbonyl (C=O) groups excluding carboxylic acids is 1. The Hall–Kier alpha value is -1.52. The van der Waals surface area contributed by atoms with Gasteiger partial charge in [0.15, 0.2) is 0 Å². The summed E-state index contributed by atoms with van der Waals surface area (Å²) in [5.41, 5.74) is 0. The van der Waals surface area contributed by atoms with Crippen molar-refractivity contribution in [1.29, 1.82) is 0 Å². The minimum Gasteiger partial charge on any atom is -0.481 e. The molecule has 1 fully saturated rings. The summed E-state index contributed by atoms with van der Waals surface area (Å²) in [6, 6.07) is -0.125. The lowest BCUT2D eigenvalue weighted by molar-refractivity contribution is -0.141.